The molecule has 0 aliphatic carbocycles. The summed E-state index contributed by atoms with van der Waals surface area (Å²) in [7, 11) is 0. The zero-order chi connectivity index (χ0) is 25.2. The highest BCUT2D eigenvalue weighted by atomic mass is 16.2. The first-order chi connectivity index (χ1) is 18.2. The SMILES string of the molecule is O=C(Nc1ccc(C(=O)N2Cc3ccnn3Cc3ccccc32)cc1)c1ccccc1-c1ccccc1. The molecule has 6 nitrogen and oxygen atoms in total. The Morgan fingerprint density at radius 2 is 1.46 bits per heavy atom. The molecule has 1 N–H and O–H groups in total. The summed E-state index contributed by atoms with van der Waals surface area (Å²) >= 11 is 0. The van der Waals surface area contributed by atoms with Gasteiger partial charge in [0, 0.05) is 28.7 Å². The Morgan fingerprint density at radius 3 is 2.30 bits per heavy atom. The average Bonchev–Trinajstić information content (AvgIpc) is 3.32. The summed E-state index contributed by atoms with van der Waals surface area (Å²) in [4.78, 5) is 28.6. The van der Waals surface area contributed by atoms with Crippen LogP contribution in [0.15, 0.2) is 115 Å². The number of aromatic nitrogens is 2. The van der Waals surface area contributed by atoms with Gasteiger partial charge in [-0.25, -0.2) is 0 Å². The molecule has 0 saturated carbocycles. The van der Waals surface area contributed by atoms with Crippen molar-refractivity contribution in [2.75, 3.05) is 10.2 Å². The summed E-state index contributed by atoms with van der Waals surface area (Å²) in [6.45, 7) is 1.06. The zero-order valence-corrected chi connectivity index (χ0v) is 20.0. The number of nitrogens with one attached hydrogen (secondary N) is 1. The highest BCUT2D eigenvalue weighted by Gasteiger charge is 2.25. The Kier molecular flexibility index (Phi) is 5.83. The van der Waals surface area contributed by atoms with Crippen molar-refractivity contribution in [2.24, 2.45) is 0 Å². The van der Waals surface area contributed by atoms with Crippen LogP contribution >= 0.6 is 0 Å². The summed E-state index contributed by atoms with van der Waals surface area (Å²) in [6, 6.07) is 34.3. The van der Waals surface area contributed by atoms with Crippen molar-refractivity contribution in [3.63, 3.8) is 0 Å². The van der Waals surface area contributed by atoms with Gasteiger partial charge in [-0.05, 0) is 59.2 Å². The summed E-state index contributed by atoms with van der Waals surface area (Å²) in [6.07, 6.45) is 1.76. The predicted molar refractivity (Wildman–Crippen MR) is 145 cm³/mol. The summed E-state index contributed by atoms with van der Waals surface area (Å²) < 4.78 is 1.93. The van der Waals surface area contributed by atoms with Gasteiger partial charge >= 0.3 is 0 Å². The van der Waals surface area contributed by atoms with Gasteiger partial charge in [0.15, 0.2) is 0 Å². The number of carbonyl (C=O) groups is 2. The molecule has 5 aromatic rings. The van der Waals surface area contributed by atoms with E-state index >= 15 is 0 Å². The molecule has 6 rings (SSSR count). The maximum absolute atomic E-state index is 13.6. The van der Waals surface area contributed by atoms with Gasteiger partial charge in [-0.15, -0.1) is 0 Å². The normalized spacial score (nSPS) is 12.3. The second-order valence-corrected chi connectivity index (χ2v) is 8.94. The Hall–Kier alpha value is -4.97. The lowest BCUT2D eigenvalue weighted by Crippen LogP contribution is -2.30. The molecule has 2 amide bonds. The topological polar surface area (TPSA) is 67.2 Å². The Labute approximate surface area is 214 Å². The average molecular weight is 485 g/mol. The molecule has 1 aliphatic heterocycles. The van der Waals surface area contributed by atoms with Gasteiger partial charge < -0.3 is 10.2 Å². The van der Waals surface area contributed by atoms with E-state index in [4.69, 9.17) is 0 Å². The first-order valence-electron chi connectivity index (χ1n) is 12.1. The van der Waals surface area contributed by atoms with Crippen LogP contribution in [0, 0.1) is 0 Å². The molecule has 0 unspecified atom stereocenters. The van der Waals surface area contributed by atoms with Gasteiger partial charge in [0.25, 0.3) is 11.8 Å². The molecule has 2 heterocycles. The number of carbonyl (C=O) groups excluding carboxylic acids is 2. The molecular weight excluding hydrogens is 460 g/mol. The van der Waals surface area contributed by atoms with E-state index in [9.17, 15) is 9.59 Å². The van der Waals surface area contributed by atoms with Crippen LogP contribution in [0.25, 0.3) is 11.1 Å². The van der Waals surface area contributed by atoms with Crippen molar-refractivity contribution >= 4 is 23.2 Å². The fraction of sp³-hybridized carbons (Fsp3) is 0.0645. The van der Waals surface area contributed by atoms with Crippen molar-refractivity contribution in [2.45, 2.75) is 13.1 Å². The van der Waals surface area contributed by atoms with Crippen LogP contribution in [-0.2, 0) is 13.1 Å². The van der Waals surface area contributed by atoms with E-state index in [-0.39, 0.29) is 11.8 Å². The van der Waals surface area contributed by atoms with Gasteiger partial charge in [0.1, 0.15) is 0 Å². The number of benzene rings is 4. The monoisotopic (exact) mass is 484 g/mol. The lowest BCUT2D eigenvalue weighted by Gasteiger charge is -2.22. The van der Waals surface area contributed by atoms with Gasteiger partial charge in [-0.3, -0.25) is 14.3 Å². The van der Waals surface area contributed by atoms with Crippen molar-refractivity contribution in [3.8, 4) is 11.1 Å². The molecule has 0 radical (unpaired) electrons. The quantitative estimate of drug-likeness (QED) is 0.340. The third kappa shape index (κ3) is 4.41. The maximum Gasteiger partial charge on any atom is 0.258 e. The highest BCUT2D eigenvalue weighted by Crippen LogP contribution is 2.29. The molecule has 0 saturated heterocycles. The van der Waals surface area contributed by atoms with Crippen LogP contribution in [0.2, 0.25) is 0 Å². The number of rotatable bonds is 4. The van der Waals surface area contributed by atoms with E-state index in [2.05, 4.69) is 10.4 Å². The Morgan fingerprint density at radius 1 is 0.730 bits per heavy atom. The van der Waals surface area contributed by atoms with Gasteiger partial charge in [-0.1, -0.05) is 66.7 Å². The van der Waals surface area contributed by atoms with Crippen molar-refractivity contribution in [1.82, 2.24) is 9.78 Å². The number of fused-ring (bicyclic) bond motifs is 2. The summed E-state index contributed by atoms with van der Waals surface area (Å²) in [5.74, 6) is -0.303. The second kappa shape index (κ2) is 9.59. The van der Waals surface area contributed by atoms with Crippen LogP contribution < -0.4 is 10.2 Å². The third-order valence-corrected chi connectivity index (χ3v) is 6.62. The summed E-state index contributed by atoms with van der Waals surface area (Å²) in [5.41, 5.74) is 6.51. The molecule has 0 atom stereocenters. The minimum Gasteiger partial charge on any atom is -0.322 e. The van der Waals surface area contributed by atoms with Gasteiger partial charge in [0.05, 0.1) is 18.8 Å². The maximum atomic E-state index is 13.6. The van der Waals surface area contributed by atoms with Crippen LogP contribution in [0.3, 0.4) is 0 Å². The molecule has 0 spiro atoms. The molecule has 4 aromatic carbocycles. The number of amides is 2. The predicted octanol–water partition coefficient (Wildman–Crippen LogP) is 6.01. The molecule has 1 aromatic heterocycles. The number of hydrogen-bond acceptors (Lipinski definition) is 3. The number of hydrogen-bond donors (Lipinski definition) is 1. The van der Waals surface area contributed by atoms with Crippen molar-refractivity contribution < 1.29 is 9.59 Å². The number of anilines is 2. The fourth-order valence-electron chi connectivity index (χ4n) is 4.74. The van der Waals surface area contributed by atoms with Gasteiger partial charge in [0.2, 0.25) is 0 Å². The standard InChI is InChI=1S/C31H24N4O2/c36-30(28-12-6-5-11-27(28)22-8-2-1-3-9-22)33-25-16-14-23(15-17-25)31(37)34-21-26-18-19-32-35(26)20-24-10-4-7-13-29(24)34/h1-19H,20-21H2,(H,33,36). The first kappa shape index (κ1) is 22.5. The number of nitrogens with zero attached hydrogens (tertiary/aromatic N) is 3. The number of para-hydroxylation sites is 1. The van der Waals surface area contributed by atoms with E-state index in [0.717, 1.165) is 28.1 Å². The molecule has 6 heteroatoms. The van der Waals surface area contributed by atoms with E-state index in [1.54, 1.807) is 35.4 Å². The molecule has 0 bridgehead atoms. The molecule has 0 fully saturated rings. The lowest BCUT2D eigenvalue weighted by molar-refractivity contribution is 0.0983. The molecular formula is C31H24N4O2. The second-order valence-electron chi connectivity index (χ2n) is 8.94. The van der Waals surface area contributed by atoms with E-state index < -0.39 is 0 Å². The first-order valence-corrected chi connectivity index (χ1v) is 12.1. The summed E-state index contributed by atoms with van der Waals surface area (Å²) in [5, 5.41) is 7.38. The smallest absolute Gasteiger partial charge is 0.258 e. The van der Waals surface area contributed by atoms with Crippen LogP contribution in [-0.4, -0.2) is 21.6 Å². The van der Waals surface area contributed by atoms with E-state index in [0.29, 0.717) is 29.9 Å². The van der Waals surface area contributed by atoms with Crippen LogP contribution in [0.4, 0.5) is 11.4 Å². The molecule has 1 aliphatic rings. The Balaban J connectivity index is 1.24. The van der Waals surface area contributed by atoms with Crippen LogP contribution in [0.5, 0.6) is 0 Å². The van der Waals surface area contributed by atoms with Crippen LogP contribution in [0.1, 0.15) is 32.0 Å². The zero-order valence-electron chi connectivity index (χ0n) is 20.0. The minimum absolute atomic E-state index is 0.102. The third-order valence-electron chi connectivity index (χ3n) is 6.62. The molecule has 37 heavy (non-hydrogen) atoms. The minimum atomic E-state index is -0.201. The van der Waals surface area contributed by atoms with E-state index in [1.165, 1.54) is 0 Å². The lowest BCUT2D eigenvalue weighted by atomic mass is 9.99. The Bertz CT molecular complexity index is 1590. The van der Waals surface area contributed by atoms with E-state index in [1.807, 2.05) is 89.6 Å². The largest absolute Gasteiger partial charge is 0.322 e. The highest BCUT2D eigenvalue weighted by molar-refractivity contribution is 6.09. The van der Waals surface area contributed by atoms with Crippen molar-refractivity contribution in [3.05, 3.63) is 138 Å². The van der Waals surface area contributed by atoms with Gasteiger partial charge in [-0.2, -0.15) is 5.10 Å². The fourth-order valence-corrected chi connectivity index (χ4v) is 4.74. The van der Waals surface area contributed by atoms with Crippen molar-refractivity contribution in [1.29, 1.82) is 0 Å². The molecule has 180 valence electrons.